The summed E-state index contributed by atoms with van der Waals surface area (Å²) in [4.78, 5) is 7.19. The van der Waals surface area contributed by atoms with Crippen LogP contribution in [0, 0.1) is 6.92 Å². The highest BCUT2D eigenvalue weighted by Gasteiger charge is 2.37. The van der Waals surface area contributed by atoms with Gasteiger partial charge in [-0.2, -0.15) is 0 Å². The number of hydrogen-bond acceptors (Lipinski definition) is 3. The average Bonchev–Trinajstić information content (AvgIpc) is 3.62. The molecule has 0 spiro atoms. The topological polar surface area (TPSA) is 9.72 Å². The Balaban J connectivity index is 1.16. The van der Waals surface area contributed by atoms with Crippen LogP contribution in [0.5, 0.6) is 0 Å². The van der Waals surface area contributed by atoms with Crippen molar-refractivity contribution in [2.75, 3.05) is 14.7 Å². The Morgan fingerprint density at radius 2 is 0.642 bits per heavy atom. The van der Waals surface area contributed by atoms with Crippen LogP contribution in [0.15, 0.2) is 255 Å². The van der Waals surface area contributed by atoms with E-state index in [1.165, 1.54) is 44.5 Å². The fourth-order valence-corrected chi connectivity index (χ4v) is 10.1. The van der Waals surface area contributed by atoms with Crippen molar-refractivity contribution in [3.05, 3.63) is 271 Å². The second kappa shape index (κ2) is 17.5. The quantitative estimate of drug-likeness (QED) is 0.128. The summed E-state index contributed by atoms with van der Waals surface area (Å²) < 4.78 is 0. The highest BCUT2D eigenvalue weighted by Crippen LogP contribution is 2.53. The maximum atomic E-state index is 2.45. The van der Waals surface area contributed by atoms with E-state index < -0.39 is 0 Å². The van der Waals surface area contributed by atoms with Gasteiger partial charge >= 0.3 is 0 Å². The molecule has 0 saturated carbocycles. The molecule has 1 aliphatic rings. The highest BCUT2D eigenvalue weighted by atomic mass is 15.2. The van der Waals surface area contributed by atoms with Crippen molar-refractivity contribution in [3.63, 3.8) is 0 Å². The normalized spacial score (nSPS) is 12.2. The summed E-state index contributed by atoms with van der Waals surface area (Å²) in [6, 6.07) is 92.3. The van der Waals surface area contributed by atoms with E-state index in [-0.39, 0.29) is 5.41 Å². The number of benzene rings is 10. The van der Waals surface area contributed by atoms with Gasteiger partial charge in [0.2, 0.25) is 0 Å². The highest BCUT2D eigenvalue weighted by molar-refractivity contribution is 5.92. The molecule has 0 aliphatic heterocycles. The number of hydrogen-bond donors (Lipinski definition) is 0. The molecular weight excluding hydrogens is 811 g/mol. The molecule has 0 bridgehead atoms. The molecule has 10 aromatic carbocycles. The second-order valence-corrected chi connectivity index (χ2v) is 17.9. The van der Waals surface area contributed by atoms with Gasteiger partial charge in [-0.05, 0) is 148 Å². The molecule has 0 radical (unpaired) electrons. The zero-order valence-corrected chi connectivity index (χ0v) is 38.1. The molecule has 0 fully saturated rings. The van der Waals surface area contributed by atoms with E-state index in [4.69, 9.17) is 0 Å². The van der Waals surface area contributed by atoms with Crippen LogP contribution in [0.1, 0.15) is 30.5 Å². The van der Waals surface area contributed by atoms with Crippen LogP contribution in [0.2, 0.25) is 0 Å². The molecule has 0 atom stereocenters. The van der Waals surface area contributed by atoms with Crippen LogP contribution < -0.4 is 14.7 Å². The van der Waals surface area contributed by atoms with Crippen molar-refractivity contribution in [3.8, 4) is 33.4 Å². The van der Waals surface area contributed by atoms with Crippen molar-refractivity contribution in [2.24, 2.45) is 0 Å². The first-order valence-corrected chi connectivity index (χ1v) is 23.2. The van der Waals surface area contributed by atoms with Gasteiger partial charge in [0, 0.05) is 39.5 Å². The summed E-state index contributed by atoms with van der Waals surface area (Å²) in [6.07, 6.45) is 0. The Hall–Kier alpha value is -8.40. The first-order valence-electron chi connectivity index (χ1n) is 23.2. The van der Waals surface area contributed by atoms with Gasteiger partial charge in [0.05, 0.1) is 17.1 Å². The lowest BCUT2D eigenvalue weighted by molar-refractivity contribution is 0.660. The monoisotopic (exact) mass is 861 g/mol. The molecule has 0 aromatic heterocycles. The largest absolute Gasteiger partial charge is 0.310 e. The van der Waals surface area contributed by atoms with Crippen LogP contribution in [0.25, 0.3) is 33.4 Å². The number of rotatable bonds is 11. The van der Waals surface area contributed by atoms with Crippen molar-refractivity contribution >= 4 is 51.2 Å². The molecule has 322 valence electrons. The summed E-state index contributed by atoms with van der Waals surface area (Å²) >= 11 is 0. The predicted octanol–water partition coefficient (Wildman–Crippen LogP) is 18.0. The van der Waals surface area contributed by atoms with E-state index in [0.717, 1.165) is 56.7 Å². The lowest BCUT2D eigenvalue weighted by Gasteiger charge is -2.33. The Labute approximate surface area is 395 Å². The van der Waals surface area contributed by atoms with Gasteiger partial charge in [-0.1, -0.05) is 178 Å². The molecular formula is C64H51N3. The Kier molecular flexibility index (Phi) is 10.8. The SMILES string of the molecule is Cc1cccc2c1-c1ccc(N(c3ccc(-c4ccccc4-c4ccccc4)cc3)c3cc(N(c4ccccc4)c4ccccc4)cc(N(c4ccccc4)c4ccccc4)c3)cc1C2(C)C. The molecule has 3 nitrogen and oxygen atoms in total. The summed E-state index contributed by atoms with van der Waals surface area (Å²) in [7, 11) is 0. The van der Waals surface area contributed by atoms with E-state index in [1.807, 2.05) is 0 Å². The minimum absolute atomic E-state index is 0.189. The number of anilines is 9. The van der Waals surface area contributed by atoms with E-state index >= 15 is 0 Å². The Morgan fingerprint density at radius 1 is 0.269 bits per heavy atom. The maximum absolute atomic E-state index is 2.45. The van der Waals surface area contributed by atoms with Crippen LogP contribution in [-0.2, 0) is 5.41 Å². The third-order valence-electron chi connectivity index (χ3n) is 13.3. The zero-order valence-electron chi connectivity index (χ0n) is 38.1. The third kappa shape index (κ3) is 7.75. The van der Waals surface area contributed by atoms with Crippen LogP contribution in [-0.4, -0.2) is 0 Å². The smallest absolute Gasteiger partial charge is 0.0503 e. The van der Waals surface area contributed by atoms with Crippen molar-refractivity contribution in [1.29, 1.82) is 0 Å². The molecule has 0 amide bonds. The Morgan fingerprint density at radius 3 is 1.10 bits per heavy atom. The minimum Gasteiger partial charge on any atom is -0.310 e. The number of fused-ring (bicyclic) bond motifs is 3. The fourth-order valence-electron chi connectivity index (χ4n) is 10.1. The second-order valence-electron chi connectivity index (χ2n) is 17.9. The van der Waals surface area contributed by atoms with Crippen LogP contribution >= 0.6 is 0 Å². The molecule has 1 aliphatic carbocycles. The molecule has 11 rings (SSSR count). The average molecular weight is 862 g/mol. The van der Waals surface area contributed by atoms with E-state index in [0.29, 0.717) is 0 Å². The van der Waals surface area contributed by atoms with Gasteiger partial charge < -0.3 is 14.7 Å². The van der Waals surface area contributed by atoms with Crippen molar-refractivity contribution in [2.45, 2.75) is 26.2 Å². The Bertz CT molecular complexity index is 3130. The molecule has 0 N–H and O–H groups in total. The number of para-hydroxylation sites is 4. The van der Waals surface area contributed by atoms with Gasteiger partial charge in [0.1, 0.15) is 0 Å². The molecule has 0 saturated heterocycles. The van der Waals surface area contributed by atoms with Gasteiger partial charge in [0.15, 0.2) is 0 Å². The first kappa shape index (κ1) is 41.3. The van der Waals surface area contributed by atoms with Crippen LogP contribution in [0.3, 0.4) is 0 Å². The summed E-state index contributed by atoms with van der Waals surface area (Å²) in [5, 5.41) is 0. The van der Waals surface area contributed by atoms with Gasteiger partial charge in [-0.15, -0.1) is 0 Å². The summed E-state index contributed by atoms with van der Waals surface area (Å²) in [5.41, 5.74) is 20.8. The minimum atomic E-state index is -0.189. The molecule has 3 heteroatoms. The van der Waals surface area contributed by atoms with Gasteiger partial charge in [0.25, 0.3) is 0 Å². The zero-order chi connectivity index (χ0) is 45.3. The maximum Gasteiger partial charge on any atom is 0.0503 e. The lowest BCUT2D eigenvalue weighted by atomic mass is 9.82. The molecule has 10 aromatic rings. The van der Waals surface area contributed by atoms with Crippen molar-refractivity contribution < 1.29 is 0 Å². The fraction of sp³-hybridized carbons (Fsp3) is 0.0625. The third-order valence-corrected chi connectivity index (χ3v) is 13.3. The summed E-state index contributed by atoms with van der Waals surface area (Å²) in [6.45, 7) is 6.99. The number of aryl methyl sites for hydroxylation is 1. The number of nitrogens with zero attached hydrogens (tertiary/aromatic N) is 3. The van der Waals surface area contributed by atoms with Gasteiger partial charge in [-0.25, -0.2) is 0 Å². The standard InChI is InChI=1S/C64H51N3/c1-46-22-21-35-61-63(46)60-41-40-54(45-62(60)64(61,2)3)67(53-38-36-48(37-39-53)59-34-20-19-33-58(59)47-23-9-4-10-24-47)57-43-55(65(49-25-11-5-12-26-49)50-27-13-6-14-28-50)42-56(44-57)66(51-29-15-7-16-30-51)52-31-17-8-18-32-52/h4-45H,1-3H3. The predicted molar refractivity (Wildman–Crippen MR) is 284 cm³/mol. The van der Waals surface area contributed by atoms with Crippen LogP contribution in [0.4, 0.5) is 51.2 Å². The van der Waals surface area contributed by atoms with Crippen molar-refractivity contribution in [1.82, 2.24) is 0 Å². The van der Waals surface area contributed by atoms with E-state index in [1.54, 1.807) is 0 Å². The van der Waals surface area contributed by atoms with Gasteiger partial charge in [-0.3, -0.25) is 0 Å². The summed E-state index contributed by atoms with van der Waals surface area (Å²) in [5.74, 6) is 0. The first-order chi connectivity index (χ1) is 32.9. The lowest BCUT2D eigenvalue weighted by Crippen LogP contribution is -2.18. The van der Waals surface area contributed by atoms with E-state index in [2.05, 4.69) is 290 Å². The van der Waals surface area contributed by atoms with E-state index in [9.17, 15) is 0 Å². The molecule has 0 unspecified atom stereocenters. The molecule has 0 heterocycles. The molecule has 67 heavy (non-hydrogen) atoms.